The molecule has 8 heteroatoms. The molecule has 1 aliphatic rings. The molecule has 0 bridgehead atoms. The second-order valence-corrected chi connectivity index (χ2v) is 10.0. The highest BCUT2D eigenvalue weighted by Crippen LogP contribution is 2.32. The number of benzene rings is 2. The Morgan fingerprint density at radius 2 is 1.95 bits per heavy atom. The molecule has 0 saturated carbocycles. The van der Waals surface area contributed by atoms with Crippen LogP contribution in [-0.4, -0.2) is 30.9 Å². The molecule has 0 amide bonds. The summed E-state index contributed by atoms with van der Waals surface area (Å²) in [5.41, 5.74) is 3.39. The number of allylic oxidation sites excluding steroid dienone is 1. The Kier molecular flexibility index (Phi) is 8.18. The Morgan fingerprint density at radius 1 is 1.21 bits per heavy atom. The first-order valence-corrected chi connectivity index (χ1v) is 13.1. The van der Waals surface area contributed by atoms with Crippen molar-refractivity contribution in [1.82, 2.24) is 4.57 Å². The van der Waals surface area contributed by atoms with E-state index in [1.54, 1.807) is 43.7 Å². The Balaban J connectivity index is 1.87. The largest absolute Gasteiger partial charge is 0.493 e. The molecule has 1 aromatic heterocycles. The van der Waals surface area contributed by atoms with Gasteiger partial charge in [-0.1, -0.05) is 61.4 Å². The number of ether oxygens (including phenoxy) is 3. The molecule has 1 unspecified atom stereocenters. The summed E-state index contributed by atoms with van der Waals surface area (Å²) in [6, 6.07) is 12.7. The summed E-state index contributed by atoms with van der Waals surface area (Å²) in [6.07, 6.45) is 7.07. The number of fused-ring (bicyclic) bond motifs is 1. The van der Waals surface area contributed by atoms with Gasteiger partial charge in [0.1, 0.15) is 6.61 Å². The van der Waals surface area contributed by atoms with Gasteiger partial charge < -0.3 is 14.2 Å². The van der Waals surface area contributed by atoms with Gasteiger partial charge >= 0.3 is 5.97 Å². The van der Waals surface area contributed by atoms with Crippen molar-refractivity contribution in [2.24, 2.45) is 4.99 Å². The van der Waals surface area contributed by atoms with Crippen molar-refractivity contribution in [3.63, 3.8) is 0 Å². The first kappa shape index (κ1) is 27.0. The topological polar surface area (TPSA) is 79.1 Å². The van der Waals surface area contributed by atoms with E-state index >= 15 is 0 Å². The van der Waals surface area contributed by atoms with Crippen molar-refractivity contribution in [2.45, 2.75) is 39.7 Å². The highest BCUT2D eigenvalue weighted by molar-refractivity contribution is 7.07. The average molecular weight is 531 g/mol. The molecule has 2 aromatic carbocycles. The summed E-state index contributed by atoms with van der Waals surface area (Å²) in [5.74, 6) is 3.33. The van der Waals surface area contributed by atoms with Crippen molar-refractivity contribution < 1.29 is 19.0 Å². The summed E-state index contributed by atoms with van der Waals surface area (Å²) in [4.78, 5) is 32.0. The van der Waals surface area contributed by atoms with Gasteiger partial charge in [0.05, 0.1) is 35.6 Å². The fourth-order valence-electron chi connectivity index (χ4n) is 4.33. The molecule has 196 valence electrons. The molecule has 2 heterocycles. The minimum absolute atomic E-state index is 0.120. The van der Waals surface area contributed by atoms with E-state index in [1.165, 1.54) is 16.9 Å². The molecule has 0 aliphatic carbocycles. The third-order valence-corrected chi connectivity index (χ3v) is 7.22. The van der Waals surface area contributed by atoms with Gasteiger partial charge in [0.15, 0.2) is 16.3 Å². The fraction of sp³-hybridized carbons (Fsp3) is 0.300. The molecule has 4 rings (SSSR count). The second kappa shape index (κ2) is 11.5. The number of rotatable bonds is 8. The van der Waals surface area contributed by atoms with Crippen LogP contribution in [0.5, 0.6) is 11.5 Å². The van der Waals surface area contributed by atoms with Crippen molar-refractivity contribution in [1.29, 1.82) is 0 Å². The molecular formula is C30H30N2O5S. The van der Waals surface area contributed by atoms with Crippen LogP contribution in [0.2, 0.25) is 0 Å². The number of hydrogen-bond acceptors (Lipinski definition) is 7. The van der Waals surface area contributed by atoms with E-state index in [9.17, 15) is 9.59 Å². The lowest BCUT2D eigenvalue weighted by Gasteiger charge is -2.25. The molecular weight excluding hydrogens is 500 g/mol. The van der Waals surface area contributed by atoms with Gasteiger partial charge in [-0.05, 0) is 54.7 Å². The van der Waals surface area contributed by atoms with Crippen LogP contribution < -0.4 is 24.4 Å². The quantitative estimate of drug-likeness (QED) is 0.326. The minimum Gasteiger partial charge on any atom is -0.493 e. The van der Waals surface area contributed by atoms with Gasteiger partial charge in [0, 0.05) is 0 Å². The summed E-state index contributed by atoms with van der Waals surface area (Å²) < 4.78 is 18.4. The minimum atomic E-state index is -0.650. The van der Waals surface area contributed by atoms with Crippen LogP contribution in [-0.2, 0) is 9.53 Å². The predicted octanol–water partition coefficient (Wildman–Crippen LogP) is 3.94. The van der Waals surface area contributed by atoms with Crippen molar-refractivity contribution in [3.8, 4) is 23.8 Å². The maximum Gasteiger partial charge on any atom is 0.338 e. The standard InChI is InChI=1S/C30H30N2O5S/c1-7-15-37-23-14-9-20(16-24(23)35-6)17-25-28(33)32-27(22-12-10-21(11-13-22)18(3)4)26(29(34)36-8-2)19(5)31-30(32)38-25/h1,9-14,16-18,27H,8,15H2,2-6H3/b25-17+. The zero-order chi connectivity index (χ0) is 27.4. The van der Waals surface area contributed by atoms with Crippen molar-refractivity contribution in [2.75, 3.05) is 20.3 Å². The van der Waals surface area contributed by atoms with Crippen LogP contribution in [0.4, 0.5) is 0 Å². The van der Waals surface area contributed by atoms with E-state index in [4.69, 9.17) is 20.6 Å². The number of carbonyl (C=O) groups is 1. The molecule has 1 aliphatic heterocycles. The lowest BCUT2D eigenvalue weighted by Crippen LogP contribution is -2.39. The number of esters is 1. The fourth-order valence-corrected chi connectivity index (χ4v) is 5.38. The Hall–Kier alpha value is -4.09. The third-order valence-electron chi connectivity index (χ3n) is 6.23. The smallest absolute Gasteiger partial charge is 0.338 e. The molecule has 38 heavy (non-hydrogen) atoms. The predicted molar refractivity (Wildman–Crippen MR) is 148 cm³/mol. The van der Waals surface area contributed by atoms with Crippen LogP contribution >= 0.6 is 11.3 Å². The zero-order valence-corrected chi connectivity index (χ0v) is 22.9. The van der Waals surface area contributed by atoms with Crippen LogP contribution in [0.1, 0.15) is 56.3 Å². The van der Waals surface area contributed by atoms with Gasteiger partial charge in [0.25, 0.3) is 5.56 Å². The monoisotopic (exact) mass is 530 g/mol. The van der Waals surface area contributed by atoms with Crippen molar-refractivity contribution >= 4 is 23.4 Å². The number of carbonyl (C=O) groups excluding carboxylic acids is 1. The summed E-state index contributed by atoms with van der Waals surface area (Å²) in [7, 11) is 1.54. The molecule has 0 spiro atoms. The highest BCUT2D eigenvalue weighted by Gasteiger charge is 2.33. The van der Waals surface area contributed by atoms with Gasteiger partial charge in [-0.15, -0.1) is 6.42 Å². The van der Waals surface area contributed by atoms with Crippen LogP contribution in [0.3, 0.4) is 0 Å². The van der Waals surface area contributed by atoms with E-state index in [-0.39, 0.29) is 18.8 Å². The molecule has 0 fully saturated rings. The number of methoxy groups -OCH3 is 1. The molecule has 0 radical (unpaired) electrons. The Bertz CT molecular complexity index is 1600. The van der Waals surface area contributed by atoms with E-state index in [2.05, 4.69) is 24.8 Å². The average Bonchev–Trinajstić information content (AvgIpc) is 3.21. The van der Waals surface area contributed by atoms with Gasteiger partial charge in [-0.2, -0.15) is 0 Å². The lowest BCUT2D eigenvalue weighted by molar-refractivity contribution is -0.139. The number of terminal acetylenes is 1. The lowest BCUT2D eigenvalue weighted by atomic mass is 9.93. The molecule has 0 N–H and O–H groups in total. The van der Waals surface area contributed by atoms with E-state index in [1.807, 2.05) is 30.3 Å². The molecule has 1 atom stereocenters. The molecule has 7 nitrogen and oxygen atoms in total. The normalized spacial score (nSPS) is 15.1. The van der Waals surface area contributed by atoms with Crippen LogP contribution in [0, 0.1) is 12.3 Å². The van der Waals surface area contributed by atoms with Crippen LogP contribution in [0.15, 0.2) is 63.5 Å². The number of hydrogen-bond donors (Lipinski definition) is 0. The van der Waals surface area contributed by atoms with E-state index in [0.29, 0.717) is 38.0 Å². The molecule has 0 saturated heterocycles. The second-order valence-electron chi connectivity index (χ2n) is 9.03. The summed E-state index contributed by atoms with van der Waals surface area (Å²) in [5, 5.41) is 0. The van der Waals surface area contributed by atoms with Crippen molar-refractivity contribution in [3.05, 3.63) is 90.1 Å². The zero-order valence-electron chi connectivity index (χ0n) is 22.1. The highest BCUT2D eigenvalue weighted by atomic mass is 32.1. The summed E-state index contributed by atoms with van der Waals surface area (Å²) >= 11 is 1.27. The number of nitrogens with zero attached hydrogens (tertiary/aromatic N) is 2. The Morgan fingerprint density at radius 3 is 2.58 bits per heavy atom. The number of thiazole rings is 1. The maximum absolute atomic E-state index is 13.8. The van der Waals surface area contributed by atoms with Gasteiger partial charge in [-0.3, -0.25) is 9.36 Å². The van der Waals surface area contributed by atoms with E-state index in [0.717, 1.165) is 11.1 Å². The SMILES string of the molecule is C#CCOc1ccc(/C=c2/sc3n(c2=O)C(c2ccc(C(C)C)cc2)C(C(=O)OCC)=C(C)N=3)cc1OC. The van der Waals surface area contributed by atoms with Gasteiger partial charge in [0.2, 0.25) is 0 Å². The third kappa shape index (κ3) is 5.29. The first-order chi connectivity index (χ1) is 18.3. The number of aromatic nitrogens is 1. The first-order valence-electron chi connectivity index (χ1n) is 12.3. The van der Waals surface area contributed by atoms with Crippen LogP contribution in [0.25, 0.3) is 6.08 Å². The maximum atomic E-state index is 13.8. The summed E-state index contributed by atoms with van der Waals surface area (Å²) in [6.45, 7) is 8.12. The Labute approximate surface area is 225 Å². The van der Waals surface area contributed by atoms with E-state index < -0.39 is 12.0 Å². The molecule has 3 aromatic rings. The van der Waals surface area contributed by atoms with Gasteiger partial charge in [-0.25, -0.2) is 9.79 Å².